The second-order valence-electron chi connectivity index (χ2n) is 7.95. The summed E-state index contributed by atoms with van der Waals surface area (Å²) in [5.41, 5.74) is 2.35. The first-order chi connectivity index (χ1) is 16.8. The Morgan fingerprint density at radius 2 is 1.71 bits per heavy atom. The second-order valence-corrected chi connectivity index (χ2v) is 7.95. The van der Waals surface area contributed by atoms with Crippen molar-refractivity contribution in [3.63, 3.8) is 0 Å². The fourth-order valence-corrected chi connectivity index (χ4v) is 3.84. The lowest BCUT2D eigenvalue weighted by Gasteiger charge is -2.16. The Morgan fingerprint density at radius 3 is 2.37 bits per heavy atom. The van der Waals surface area contributed by atoms with Gasteiger partial charge >= 0.3 is 5.69 Å². The van der Waals surface area contributed by atoms with Crippen LogP contribution in [-0.2, 0) is 11.3 Å². The lowest BCUT2D eigenvalue weighted by atomic mass is 10.1. The number of carbonyl (C=O) groups is 1. The summed E-state index contributed by atoms with van der Waals surface area (Å²) >= 11 is 0. The van der Waals surface area contributed by atoms with Crippen LogP contribution in [0.15, 0.2) is 53.3 Å². The fraction of sp³-hybridized carbons (Fsp3) is 0.280. The summed E-state index contributed by atoms with van der Waals surface area (Å²) < 4.78 is 18.3. The van der Waals surface area contributed by atoms with Gasteiger partial charge < -0.3 is 19.5 Å². The molecule has 2 aromatic heterocycles. The van der Waals surface area contributed by atoms with Crippen molar-refractivity contribution < 1.29 is 19.0 Å². The molecule has 0 bridgehead atoms. The molecule has 1 unspecified atom stereocenters. The third-order valence-electron chi connectivity index (χ3n) is 5.70. The van der Waals surface area contributed by atoms with Crippen LogP contribution in [0.1, 0.15) is 24.4 Å². The number of carbonyl (C=O) groups excluding carboxylic acids is 1. The van der Waals surface area contributed by atoms with E-state index in [1.807, 2.05) is 37.3 Å². The van der Waals surface area contributed by atoms with E-state index >= 15 is 0 Å². The Hall–Kier alpha value is -4.34. The predicted octanol–water partition coefficient (Wildman–Crippen LogP) is 2.77. The van der Waals surface area contributed by atoms with Gasteiger partial charge in [0.1, 0.15) is 18.1 Å². The van der Waals surface area contributed by atoms with Crippen molar-refractivity contribution in [3.05, 3.63) is 70.4 Å². The highest BCUT2D eigenvalue weighted by atomic mass is 16.5. The Bertz CT molecular complexity index is 1420. The molecule has 4 aromatic rings. The molecule has 0 radical (unpaired) electrons. The van der Waals surface area contributed by atoms with E-state index in [2.05, 4.69) is 15.4 Å². The zero-order valence-corrected chi connectivity index (χ0v) is 20.2. The summed E-state index contributed by atoms with van der Waals surface area (Å²) in [6.07, 6.45) is 0. The standard InChI is InChI=1S/C25H27N5O5/c1-15(18-8-11-21(34-4)22(12-18)35-5)26-24(31)14-29-25(32)30-16(2)27-20(13-23(30)28-29)17-6-9-19(33-3)10-7-17/h6-13,15H,14H2,1-5H3,(H,26,31). The maximum atomic E-state index is 12.9. The average molecular weight is 478 g/mol. The fourth-order valence-electron chi connectivity index (χ4n) is 3.84. The maximum absolute atomic E-state index is 12.9. The van der Waals surface area contributed by atoms with Crippen LogP contribution in [0.25, 0.3) is 16.9 Å². The van der Waals surface area contributed by atoms with Crippen molar-refractivity contribution in [3.8, 4) is 28.5 Å². The van der Waals surface area contributed by atoms with Gasteiger partial charge in [-0.05, 0) is 55.8 Å². The molecule has 0 saturated heterocycles. The van der Waals surface area contributed by atoms with E-state index in [0.717, 1.165) is 21.6 Å². The summed E-state index contributed by atoms with van der Waals surface area (Å²) in [7, 11) is 4.72. The van der Waals surface area contributed by atoms with Gasteiger partial charge in [-0.2, -0.15) is 0 Å². The first-order valence-corrected chi connectivity index (χ1v) is 11.0. The molecule has 1 N–H and O–H groups in total. The number of hydrogen-bond donors (Lipinski definition) is 1. The summed E-state index contributed by atoms with van der Waals surface area (Å²) in [4.78, 5) is 30.2. The average Bonchev–Trinajstić information content (AvgIpc) is 3.18. The van der Waals surface area contributed by atoms with Crippen LogP contribution in [0.4, 0.5) is 0 Å². The summed E-state index contributed by atoms with van der Waals surface area (Å²) in [5.74, 6) is 2.03. The number of rotatable bonds is 8. The van der Waals surface area contributed by atoms with E-state index in [-0.39, 0.29) is 18.5 Å². The third-order valence-corrected chi connectivity index (χ3v) is 5.70. The molecule has 10 nitrogen and oxygen atoms in total. The minimum atomic E-state index is -0.430. The predicted molar refractivity (Wildman–Crippen MR) is 130 cm³/mol. The summed E-state index contributed by atoms with van der Waals surface area (Å²) in [6, 6.07) is 14.3. The number of benzene rings is 2. The van der Waals surface area contributed by atoms with E-state index in [0.29, 0.717) is 28.7 Å². The number of amides is 1. The molecular weight excluding hydrogens is 450 g/mol. The zero-order chi connectivity index (χ0) is 25.1. The van der Waals surface area contributed by atoms with Crippen LogP contribution in [-0.4, -0.2) is 46.4 Å². The molecule has 1 atom stereocenters. The van der Waals surface area contributed by atoms with E-state index in [1.54, 1.807) is 46.5 Å². The number of aryl methyl sites for hydroxylation is 1. The van der Waals surface area contributed by atoms with Gasteiger partial charge in [0, 0.05) is 11.6 Å². The SMILES string of the molecule is COc1ccc(-c2cc3nn(CC(=O)NC(C)c4ccc(OC)c(OC)c4)c(=O)n3c(C)n2)cc1. The molecule has 0 aliphatic carbocycles. The first kappa shape index (κ1) is 23.8. The number of hydrogen-bond acceptors (Lipinski definition) is 7. The molecule has 0 aliphatic heterocycles. The highest BCUT2D eigenvalue weighted by Gasteiger charge is 2.17. The zero-order valence-electron chi connectivity index (χ0n) is 20.2. The first-order valence-electron chi connectivity index (χ1n) is 11.0. The van der Waals surface area contributed by atoms with Crippen LogP contribution >= 0.6 is 0 Å². The number of aromatic nitrogens is 4. The van der Waals surface area contributed by atoms with E-state index < -0.39 is 5.69 Å². The Morgan fingerprint density at radius 1 is 1.00 bits per heavy atom. The molecular formula is C25H27N5O5. The monoisotopic (exact) mass is 477 g/mol. The van der Waals surface area contributed by atoms with Crippen LogP contribution in [0.5, 0.6) is 17.2 Å². The number of nitrogens with one attached hydrogen (secondary N) is 1. The van der Waals surface area contributed by atoms with Gasteiger partial charge in [0.25, 0.3) is 0 Å². The van der Waals surface area contributed by atoms with E-state index in [1.165, 1.54) is 4.40 Å². The summed E-state index contributed by atoms with van der Waals surface area (Å²) in [5, 5.41) is 7.26. The van der Waals surface area contributed by atoms with Crippen LogP contribution in [0, 0.1) is 6.92 Å². The number of nitrogens with zero attached hydrogens (tertiary/aromatic N) is 4. The van der Waals surface area contributed by atoms with Crippen LogP contribution < -0.4 is 25.2 Å². The lowest BCUT2D eigenvalue weighted by Crippen LogP contribution is -2.34. The molecule has 0 aliphatic rings. The van der Waals surface area contributed by atoms with E-state index in [4.69, 9.17) is 14.2 Å². The van der Waals surface area contributed by atoms with Crippen molar-refractivity contribution in [1.29, 1.82) is 0 Å². The minimum Gasteiger partial charge on any atom is -0.497 e. The highest BCUT2D eigenvalue weighted by Crippen LogP contribution is 2.30. The molecule has 0 fully saturated rings. The molecule has 10 heteroatoms. The molecule has 0 spiro atoms. The largest absolute Gasteiger partial charge is 0.497 e. The van der Waals surface area contributed by atoms with E-state index in [9.17, 15) is 9.59 Å². The maximum Gasteiger partial charge on any atom is 0.352 e. The van der Waals surface area contributed by atoms with Gasteiger partial charge in [0.05, 0.1) is 33.1 Å². The molecule has 35 heavy (non-hydrogen) atoms. The third kappa shape index (κ3) is 4.81. The number of fused-ring (bicyclic) bond motifs is 1. The number of methoxy groups -OCH3 is 3. The molecule has 0 saturated carbocycles. The van der Waals surface area contributed by atoms with Gasteiger partial charge in [-0.25, -0.2) is 18.9 Å². The van der Waals surface area contributed by atoms with Crippen LogP contribution in [0.3, 0.4) is 0 Å². The quantitative estimate of drug-likeness (QED) is 0.416. The minimum absolute atomic E-state index is 0.227. The Balaban J connectivity index is 1.55. The molecule has 2 aromatic carbocycles. The molecule has 182 valence electrons. The molecule has 4 rings (SSSR count). The topological polar surface area (TPSA) is 109 Å². The van der Waals surface area contributed by atoms with Gasteiger partial charge in [-0.1, -0.05) is 6.07 Å². The van der Waals surface area contributed by atoms with Crippen molar-refractivity contribution in [2.45, 2.75) is 26.4 Å². The van der Waals surface area contributed by atoms with Gasteiger partial charge in [0.2, 0.25) is 5.91 Å². The van der Waals surface area contributed by atoms with Crippen molar-refractivity contribution in [1.82, 2.24) is 24.5 Å². The number of ether oxygens (including phenoxy) is 3. The van der Waals surface area contributed by atoms with Crippen LogP contribution in [0.2, 0.25) is 0 Å². The highest BCUT2D eigenvalue weighted by molar-refractivity contribution is 5.76. The van der Waals surface area contributed by atoms with Gasteiger partial charge in [-0.15, -0.1) is 5.10 Å². The Labute approximate surface area is 202 Å². The van der Waals surface area contributed by atoms with Crippen molar-refractivity contribution in [2.75, 3.05) is 21.3 Å². The van der Waals surface area contributed by atoms with Crippen molar-refractivity contribution >= 4 is 11.6 Å². The molecule has 1 amide bonds. The van der Waals surface area contributed by atoms with Crippen molar-refractivity contribution in [2.24, 2.45) is 0 Å². The smallest absolute Gasteiger partial charge is 0.352 e. The second kappa shape index (κ2) is 9.88. The lowest BCUT2D eigenvalue weighted by molar-refractivity contribution is -0.122. The Kier molecular flexibility index (Phi) is 6.72. The van der Waals surface area contributed by atoms with Gasteiger partial charge in [-0.3, -0.25) is 4.79 Å². The van der Waals surface area contributed by atoms with Gasteiger partial charge in [0.15, 0.2) is 17.1 Å². The summed E-state index contributed by atoms with van der Waals surface area (Å²) in [6.45, 7) is 3.35. The normalized spacial score (nSPS) is 11.8. The molecule has 2 heterocycles.